The lowest BCUT2D eigenvalue weighted by molar-refractivity contribution is -0.114. The SMILES string of the molecule is COc1cc(Cl)c(S(=O)(=O)Nc2cc(NC(C)=O)c(F)cc2F)cc1Cl. The van der Waals surface area contributed by atoms with E-state index in [9.17, 15) is 22.0 Å². The summed E-state index contributed by atoms with van der Waals surface area (Å²) < 4.78 is 59.5. The van der Waals surface area contributed by atoms with E-state index >= 15 is 0 Å². The summed E-state index contributed by atoms with van der Waals surface area (Å²) in [5.41, 5.74) is -0.978. The van der Waals surface area contributed by atoms with Crippen LogP contribution in [0.3, 0.4) is 0 Å². The van der Waals surface area contributed by atoms with Gasteiger partial charge in [0, 0.05) is 19.1 Å². The summed E-state index contributed by atoms with van der Waals surface area (Å²) in [6, 6.07) is 3.46. The number of amides is 1. The third-order valence-electron chi connectivity index (χ3n) is 3.11. The molecule has 0 aliphatic rings. The molecular weight excluding hydrogens is 413 g/mol. The third kappa shape index (κ3) is 4.35. The first-order valence-corrected chi connectivity index (χ1v) is 9.11. The summed E-state index contributed by atoms with van der Waals surface area (Å²) in [5.74, 6) is -2.71. The van der Waals surface area contributed by atoms with Crippen LogP contribution < -0.4 is 14.8 Å². The molecule has 0 fully saturated rings. The Balaban J connectivity index is 2.47. The Bertz CT molecular complexity index is 984. The Morgan fingerprint density at radius 1 is 1.04 bits per heavy atom. The van der Waals surface area contributed by atoms with Gasteiger partial charge in [-0.15, -0.1) is 0 Å². The van der Waals surface area contributed by atoms with Gasteiger partial charge >= 0.3 is 0 Å². The van der Waals surface area contributed by atoms with Gasteiger partial charge < -0.3 is 10.1 Å². The molecule has 0 saturated heterocycles. The van der Waals surface area contributed by atoms with E-state index in [1.165, 1.54) is 13.2 Å². The molecule has 0 radical (unpaired) electrons. The molecule has 1 amide bonds. The second-order valence-corrected chi connectivity index (χ2v) is 7.48. The van der Waals surface area contributed by atoms with Crippen LogP contribution in [0.25, 0.3) is 0 Å². The Kier molecular flexibility index (Phi) is 5.94. The molecule has 2 rings (SSSR count). The van der Waals surface area contributed by atoms with Crippen LogP contribution in [0.4, 0.5) is 20.2 Å². The van der Waals surface area contributed by atoms with E-state index in [4.69, 9.17) is 27.9 Å². The molecule has 2 aromatic carbocycles. The normalized spacial score (nSPS) is 11.2. The summed E-state index contributed by atoms with van der Waals surface area (Å²) in [6.07, 6.45) is 0. The molecule has 0 heterocycles. The highest BCUT2D eigenvalue weighted by atomic mass is 35.5. The predicted octanol–water partition coefficient (Wildman–Crippen LogP) is 4.04. The highest BCUT2D eigenvalue weighted by molar-refractivity contribution is 7.92. The molecule has 11 heteroatoms. The van der Waals surface area contributed by atoms with Crippen LogP contribution in [0.2, 0.25) is 10.0 Å². The van der Waals surface area contributed by atoms with Crippen LogP contribution in [-0.4, -0.2) is 21.4 Å². The van der Waals surface area contributed by atoms with E-state index in [-0.39, 0.29) is 15.8 Å². The number of hydrogen-bond acceptors (Lipinski definition) is 4. The van der Waals surface area contributed by atoms with Crippen LogP contribution in [0, 0.1) is 11.6 Å². The lowest BCUT2D eigenvalue weighted by atomic mass is 10.2. The van der Waals surface area contributed by atoms with Gasteiger partial charge in [-0.25, -0.2) is 17.2 Å². The summed E-state index contributed by atoms with van der Waals surface area (Å²) in [6.45, 7) is 1.12. The summed E-state index contributed by atoms with van der Waals surface area (Å²) in [5, 5.41) is 1.87. The Morgan fingerprint density at radius 2 is 1.65 bits per heavy atom. The Morgan fingerprint density at radius 3 is 2.23 bits per heavy atom. The summed E-state index contributed by atoms with van der Waals surface area (Å²) in [7, 11) is -3.05. The molecule has 26 heavy (non-hydrogen) atoms. The van der Waals surface area contributed by atoms with Gasteiger partial charge in [-0.1, -0.05) is 23.2 Å². The van der Waals surface area contributed by atoms with E-state index in [0.717, 1.165) is 19.1 Å². The van der Waals surface area contributed by atoms with Crippen molar-refractivity contribution in [3.63, 3.8) is 0 Å². The average molecular weight is 425 g/mol. The monoisotopic (exact) mass is 424 g/mol. The summed E-state index contributed by atoms with van der Waals surface area (Å²) >= 11 is 11.8. The lowest BCUT2D eigenvalue weighted by Crippen LogP contribution is -2.16. The van der Waals surface area contributed by atoms with E-state index in [1.54, 1.807) is 0 Å². The molecular formula is C15H12Cl2F2N2O4S. The quantitative estimate of drug-likeness (QED) is 0.758. The standard InChI is InChI=1S/C15H12Cl2F2N2O4S/c1-7(22)20-12-6-13(11(19)5-10(12)18)21-26(23,24)15-4-8(16)14(25-2)3-9(15)17/h3-6,21H,1-2H3,(H,20,22). The van der Waals surface area contributed by atoms with Gasteiger partial charge in [-0.05, 0) is 12.1 Å². The number of carbonyl (C=O) groups is 1. The number of halogens is 4. The third-order valence-corrected chi connectivity index (χ3v) is 5.23. The van der Waals surface area contributed by atoms with Crippen LogP contribution in [0.15, 0.2) is 29.2 Å². The first-order chi connectivity index (χ1) is 12.0. The number of benzene rings is 2. The van der Waals surface area contributed by atoms with Gasteiger partial charge in [0.2, 0.25) is 5.91 Å². The van der Waals surface area contributed by atoms with Crippen molar-refractivity contribution in [2.24, 2.45) is 0 Å². The average Bonchev–Trinajstić information content (AvgIpc) is 2.53. The van der Waals surface area contributed by atoms with Crippen LogP contribution in [0.5, 0.6) is 5.75 Å². The number of ether oxygens (including phenoxy) is 1. The second-order valence-electron chi connectivity index (χ2n) is 5.02. The molecule has 0 aromatic heterocycles. The minimum Gasteiger partial charge on any atom is -0.495 e. The fraction of sp³-hybridized carbons (Fsp3) is 0.133. The van der Waals surface area contributed by atoms with Gasteiger partial charge in [0.05, 0.1) is 28.5 Å². The van der Waals surface area contributed by atoms with Crippen molar-refractivity contribution in [2.75, 3.05) is 17.1 Å². The Labute approximate surface area is 158 Å². The second kappa shape index (κ2) is 7.65. The number of anilines is 2. The smallest absolute Gasteiger partial charge is 0.263 e. The maximum Gasteiger partial charge on any atom is 0.263 e. The fourth-order valence-corrected chi connectivity index (χ4v) is 3.89. The van der Waals surface area contributed by atoms with E-state index < -0.39 is 43.8 Å². The number of sulfonamides is 1. The minimum absolute atomic E-state index is 0.0317. The number of methoxy groups -OCH3 is 1. The molecule has 2 aromatic rings. The van der Waals surface area contributed by atoms with Gasteiger partial charge in [0.25, 0.3) is 10.0 Å². The van der Waals surface area contributed by atoms with Gasteiger partial charge in [-0.3, -0.25) is 9.52 Å². The van der Waals surface area contributed by atoms with Gasteiger partial charge in [0.1, 0.15) is 22.3 Å². The highest BCUT2D eigenvalue weighted by Crippen LogP contribution is 2.34. The molecule has 0 bridgehead atoms. The lowest BCUT2D eigenvalue weighted by Gasteiger charge is -2.13. The number of nitrogens with one attached hydrogen (secondary N) is 2. The molecule has 140 valence electrons. The molecule has 0 unspecified atom stereocenters. The van der Waals surface area contributed by atoms with Crippen molar-refractivity contribution in [3.8, 4) is 5.75 Å². The van der Waals surface area contributed by atoms with Crippen LogP contribution in [0.1, 0.15) is 6.92 Å². The molecule has 2 N–H and O–H groups in total. The topological polar surface area (TPSA) is 84.5 Å². The van der Waals surface area contributed by atoms with Crippen LogP contribution in [-0.2, 0) is 14.8 Å². The van der Waals surface area contributed by atoms with E-state index in [1.807, 2.05) is 4.72 Å². The maximum absolute atomic E-state index is 14.0. The van der Waals surface area contributed by atoms with Crippen LogP contribution >= 0.6 is 23.2 Å². The Hall–Kier alpha value is -2.10. The molecule has 0 atom stereocenters. The number of rotatable bonds is 5. The largest absolute Gasteiger partial charge is 0.495 e. The zero-order chi connectivity index (χ0) is 19.6. The molecule has 0 spiro atoms. The van der Waals surface area contributed by atoms with E-state index in [2.05, 4.69) is 5.32 Å². The van der Waals surface area contributed by atoms with Crippen molar-refractivity contribution < 1.29 is 26.7 Å². The molecule has 0 aliphatic heterocycles. The first-order valence-electron chi connectivity index (χ1n) is 6.87. The minimum atomic E-state index is -4.37. The maximum atomic E-state index is 14.0. The molecule has 0 saturated carbocycles. The van der Waals surface area contributed by atoms with Crippen molar-refractivity contribution in [3.05, 3.63) is 45.9 Å². The highest BCUT2D eigenvalue weighted by Gasteiger charge is 2.23. The molecule has 6 nitrogen and oxygen atoms in total. The zero-order valence-electron chi connectivity index (χ0n) is 13.4. The van der Waals surface area contributed by atoms with Crippen molar-refractivity contribution in [2.45, 2.75) is 11.8 Å². The predicted molar refractivity (Wildman–Crippen MR) is 94.5 cm³/mol. The van der Waals surface area contributed by atoms with E-state index in [0.29, 0.717) is 6.07 Å². The van der Waals surface area contributed by atoms with Crippen molar-refractivity contribution in [1.82, 2.24) is 0 Å². The number of carbonyl (C=O) groups excluding carboxylic acids is 1. The van der Waals surface area contributed by atoms with Gasteiger partial charge in [0.15, 0.2) is 0 Å². The molecule has 0 aliphatic carbocycles. The first kappa shape index (κ1) is 20.2. The van der Waals surface area contributed by atoms with Gasteiger partial charge in [-0.2, -0.15) is 0 Å². The number of hydrogen-bond donors (Lipinski definition) is 2. The fourth-order valence-electron chi connectivity index (χ4n) is 1.99. The zero-order valence-corrected chi connectivity index (χ0v) is 15.7. The van der Waals surface area contributed by atoms with Crippen molar-refractivity contribution >= 4 is 50.5 Å². The van der Waals surface area contributed by atoms with Crippen molar-refractivity contribution in [1.29, 1.82) is 0 Å². The summed E-state index contributed by atoms with van der Waals surface area (Å²) in [4.78, 5) is 10.6.